The summed E-state index contributed by atoms with van der Waals surface area (Å²) in [5, 5.41) is 23.6. The Kier molecular flexibility index (Phi) is 1.84. The van der Waals surface area contributed by atoms with Crippen molar-refractivity contribution in [2.45, 2.75) is 0 Å². The number of aromatic nitrogens is 7. The number of tetrazole rings is 1. The zero-order valence-corrected chi connectivity index (χ0v) is 8.30. The minimum atomic E-state index is -1.09. The topological polar surface area (TPSA) is 111 Å². The molecule has 3 aromatic heterocycles. The Balaban J connectivity index is 2.09. The van der Waals surface area contributed by atoms with Gasteiger partial charge in [-0.05, 0) is 22.6 Å². The third-order valence-electron chi connectivity index (χ3n) is 2.12. The van der Waals surface area contributed by atoms with Gasteiger partial charge in [-0.25, -0.2) is 9.78 Å². The zero-order valence-electron chi connectivity index (χ0n) is 8.30. The van der Waals surface area contributed by atoms with Crippen molar-refractivity contribution < 1.29 is 9.90 Å². The fourth-order valence-electron chi connectivity index (χ4n) is 1.34. The standard InChI is InChI=1S/C8H5N7O2/c16-8(17)5-3-14(4-9-5)7-2-1-6-10-12-13-15(6)11-7/h1-4H,(H,16,17). The zero-order chi connectivity index (χ0) is 11.8. The van der Waals surface area contributed by atoms with Crippen LogP contribution in [0, 0.1) is 0 Å². The first-order valence-electron chi connectivity index (χ1n) is 4.57. The number of fused-ring (bicyclic) bond motifs is 1. The summed E-state index contributed by atoms with van der Waals surface area (Å²) in [5.41, 5.74) is 0.455. The van der Waals surface area contributed by atoms with Crippen LogP contribution in [0.4, 0.5) is 0 Å². The Morgan fingerprint density at radius 2 is 2.24 bits per heavy atom. The average molecular weight is 231 g/mol. The summed E-state index contributed by atoms with van der Waals surface area (Å²) < 4.78 is 2.72. The molecule has 0 radical (unpaired) electrons. The van der Waals surface area contributed by atoms with E-state index >= 15 is 0 Å². The van der Waals surface area contributed by atoms with E-state index in [1.54, 1.807) is 12.1 Å². The number of carboxylic acids is 1. The van der Waals surface area contributed by atoms with Crippen molar-refractivity contribution in [1.82, 2.24) is 34.8 Å². The largest absolute Gasteiger partial charge is 0.476 e. The summed E-state index contributed by atoms with van der Waals surface area (Å²) in [7, 11) is 0. The summed E-state index contributed by atoms with van der Waals surface area (Å²) in [6.07, 6.45) is 2.73. The molecule has 0 unspecified atom stereocenters. The van der Waals surface area contributed by atoms with Gasteiger partial charge in [0.25, 0.3) is 0 Å². The van der Waals surface area contributed by atoms with Gasteiger partial charge < -0.3 is 5.11 Å². The molecule has 0 bridgehead atoms. The van der Waals surface area contributed by atoms with Crippen LogP contribution in [-0.4, -0.2) is 45.9 Å². The van der Waals surface area contributed by atoms with Crippen molar-refractivity contribution in [3.8, 4) is 5.82 Å². The number of rotatable bonds is 2. The molecule has 0 saturated heterocycles. The molecule has 0 aromatic carbocycles. The molecule has 84 valence electrons. The molecule has 1 N–H and O–H groups in total. The maximum absolute atomic E-state index is 10.7. The van der Waals surface area contributed by atoms with Crippen LogP contribution in [0.5, 0.6) is 0 Å². The van der Waals surface area contributed by atoms with E-state index in [9.17, 15) is 4.79 Å². The van der Waals surface area contributed by atoms with Gasteiger partial charge in [0.1, 0.15) is 6.33 Å². The van der Waals surface area contributed by atoms with Gasteiger partial charge in [0, 0.05) is 6.20 Å². The van der Waals surface area contributed by atoms with Gasteiger partial charge in [0.05, 0.1) is 0 Å². The van der Waals surface area contributed by atoms with Crippen LogP contribution in [0.1, 0.15) is 10.5 Å². The summed E-state index contributed by atoms with van der Waals surface area (Å²) in [5.74, 6) is -0.614. The molecule has 9 heteroatoms. The highest BCUT2D eigenvalue weighted by Gasteiger charge is 2.09. The number of aromatic carboxylic acids is 1. The lowest BCUT2D eigenvalue weighted by atomic mass is 10.5. The minimum absolute atomic E-state index is 0.0522. The molecular formula is C8H5N7O2. The lowest BCUT2D eigenvalue weighted by molar-refractivity contribution is 0.0691. The van der Waals surface area contributed by atoms with E-state index in [0.29, 0.717) is 11.5 Å². The van der Waals surface area contributed by atoms with Gasteiger partial charge in [-0.3, -0.25) is 4.57 Å². The Bertz CT molecular complexity index is 701. The second kappa shape index (κ2) is 3.33. The number of nitrogens with zero attached hydrogens (tertiary/aromatic N) is 7. The first kappa shape index (κ1) is 9.39. The van der Waals surface area contributed by atoms with Crippen molar-refractivity contribution in [2.75, 3.05) is 0 Å². The SMILES string of the molecule is O=C(O)c1cn(-c2ccc3nnnn3n2)cn1. The molecule has 3 heterocycles. The van der Waals surface area contributed by atoms with E-state index in [4.69, 9.17) is 5.11 Å². The van der Waals surface area contributed by atoms with Crippen LogP contribution < -0.4 is 0 Å². The third kappa shape index (κ3) is 1.49. The fraction of sp³-hybridized carbons (Fsp3) is 0. The molecule has 0 aliphatic heterocycles. The Morgan fingerprint density at radius 1 is 1.35 bits per heavy atom. The van der Waals surface area contributed by atoms with Crippen LogP contribution >= 0.6 is 0 Å². The van der Waals surface area contributed by atoms with Gasteiger partial charge in [0.15, 0.2) is 17.2 Å². The van der Waals surface area contributed by atoms with Gasteiger partial charge >= 0.3 is 5.97 Å². The Hall–Kier alpha value is -2.84. The van der Waals surface area contributed by atoms with Gasteiger partial charge in [-0.15, -0.1) is 14.8 Å². The van der Waals surface area contributed by atoms with Crippen molar-refractivity contribution in [3.63, 3.8) is 0 Å². The van der Waals surface area contributed by atoms with Crippen LogP contribution in [0.2, 0.25) is 0 Å². The van der Waals surface area contributed by atoms with Crippen LogP contribution in [-0.2, 0) is 0 Å². The smallest absolute Gasteiger partial charge is 0.356 e. The molecule has 0 spiro atoms. The van der Waals surface area contributed by atoms with E-state index in [0.717, 1.165) is 0 Å². The second-order valence-electron chi connectivity index (χ2n) is 3.19. The van der Waals surface area contributed by atoms with Crippen LogP contribution in [0.15, 0.2) is 24.7 Å². The molecule has 3 rings (SSSR count). The molecule has 17 heavy (non-hydrogen) atoms. The first-order chi connectivity index (χ1) is 8.24. The first-order valence-corrected chi connectivity index (χ1v) is 4.57. The molecule has 0 aliphatic rings. The van der Waals surface area contributed by atoms with Crippen molar-refractivity contribution in [2.24, 2.45) is 0 Å². The van der Waals surface area contributed by atoms with E-state index in [1.807, 2.05) is 0 Å². The van der Waals surface area contributed by atoms with E-state index in [-0.39, 0.29) is 5.69 Å². The highest BCUT2D eigenvalue weighted by molar-refractivity contribution is 5.85. The minimum Gasteiger partial charge on any atom is -0.476 e. The van der Waals surface area contributed by atoms with Crippen molar-refractivity contribution in [1.29, 1.82) is 0 Å². The van der Waals surface area contributed by atoms with E-state index < -0.39 is 5.97 Å². The quantitative estimate of drug-likeness (QED) is 0.626. The summed E-state index contributed by atoms with van der Waals surface area (Å²) in [4.78, 5) is 14.4. The maximum atomic E-state index is 10.7. The van der Waals surface area contributed by atoms with Crippen LogP contribution in [0.25, 0.3) is 11.5 Å². The molecule has 0 aliphatic carbocycles. The second-order valence-corrected chi connectivity index (χ2v) is 3.19. The lowest BCUT2D eigenvalue weighted by Gasteiger charge is -1.98. The highest BCUT2D eigenvalue weighted by Crippen LogP contribution is 2.06. The fourth-order valence-corrected chi connectivity index (χ4v) is 1.34. The summed E-state index contributed by atoms with van der Waals surface area (Å²) >= 11 is 0. The predicted octanol–water partition coefficient (Wildman–Crippen LogP) is -0.597. The van der Waals surface area contributed by atoms with Crippen LogP contribution in [0.3, 0.4) is 0 Å². The molecule has 0 atom stereocenters. The third-order valence-corrected chi connectivity index (χ3v) is 2.12. The van der Waals surface area contributed by atoms with Gasteiger partial charge in [-0.1, -0.05) is 0 Å². The lowest BCUT2D eigenvalue weighted by Crippen LogP contribution is -2.02. The van der Waals surface area contributed by atoms with Gasteiger partial charge in [0.2, 0.25) is 0 Å². The van der Waals surface area contributed by atoms with Gasteiger partial charge in [-0.2, -0.15) is 0 Å². The molecule has 0 saturated carbocycles. The van der Waals surface area contributed by atoms with E-state index in [2.05, 4.69) is 25.6 Å². The normalized spacial score (nSPS) is 10.8. The number of hydrogen-bond donors (Lipinski definition) is 1. The molecular weight excluding hydrogens is 226 g/mol. The number of hydrogen-bond acceptors (Lipinski definition) is 6. The number of carbonyl (C=O) groups is 1. The number of carboxylic acid groups (broad SMARTS) is 1. The predicted molar refractivity (Wildman–Crippen MR) is 52.7 cm³/mol. The Morgan fingerprint density at radius 3 is 3.00 bits per heavy atom. The maximum Gasteiger partial charge on any atom is 0.356 e. The number of imidazole rings is 1. The summed E-state index contributed by atoms with van der Waals surface area (Å²) in [6.45, 7) is 0. The molecule has 0 fully saturated rings. The Labute approximate surface area is 93.3 Å². The van der Waals surface area contributed by atoms with E-state index in [1.165, 1.54) is 21.7 Å². The summed E-state index contributed by atoms with van der Waals surface area (Å²) in [6, 6.07) is 3.34. The average Bonchev–Trinajstić information content (AvgIpc) is 2.97. The highest BCUT2D eigenvalue weighted by atomic mass is 16.4. The monoisotopic (exact) mass is 231 g/mol. The van der Waals surface area contributed by atoms with Crippen molar-refractivity contribution >= 4 is 11.6 Å². The molecule has 0 amide bonds. The molecule has 3 aromatic rings. The van der Waals surface area contributed by atoms with Crippen molar-refractivity contribution in [3.05, 3.63) is 30.4 Å². The molecule has 9 nitrogen and oxygen atoms in total.